The van der Waals surface area contributed by atoms with E-state index in [1.165, 1.54) is 6.08 Å². The number of hydrogen-bond donors (Lipinski definition) is 2. The van der Waals surface area contributed by atoms with E-state index in [4.69, 9.17) is 9.84 Å². The van der Waals surface area contributed by atoms with Gasteiger partial charge in [0, 0.05) is 28.7 Å². The van der Waals surface area contributed by atoms with Gasteiger partial charge in [-0.1, -0.05) is 19.9 Å². The van der Waals surface area contributed by atoms with Gasteiger partial charge in [0.05, 0.1) is 7.11 Å². The van der Waals surface area contributed by atoms with Crippen molar-refractivity contribution in [3.63, 3.8) is 0 Å². The van der Waals surface area contributed by atoms with Crippen molar-refractivity contribution < 1.29 is 14.6 Å². The van der Waals surface area contributed by atoms with Crippen LogP contribution in [0.2, 0.25) is 0 Å². The van der Waals surface area contributed by atoms with Crippen LogP contribution < -0.4 is 4.74 Å². The van der Waals surface area contributed by atoms with E-state index in [1.807, 2.05) is 38.2 Å². The maximum absolute atomic E-state index is 11.0. The molecule has 2 aromatic rings. The minimum atomic E-state index is -0.937. The van der Waals surface area contributed by atoms with Gasteiger partial charge in [-0.15, -0.1) is 0 Å². The maximum atomic E-state index is 11.0. The standard InChI is InChI=1S/C15H17NO3/c1-9(2)10(7-14(17)18)11-8-16-12-5-4-6-13(19-3)15(11)12/h4-9,16H,1-3H3,(H,17,18)/b10-7+. The van der Waals surface area contributed by atoms with E-state index in [0.29, 0.717) is 0 Å². The van der Waals surface area contributed by atoms with Gasteiger partial charge in [-0.2, -0.15) is 0 Å². The topological polar surface area (TPSA) is 62.3 Å². The summed E-state index contributed by atoms with van der Waals surface area (Å²) in [7, 11) is 1.61. The minimum Gasteiger partial charge on any atom is -0.496 e. The molecule has 0 atom stereocenters. The summed E-state index contributed by atoms with van der Waals surface area (Å²) < 4.78 is 5.37. The third kappa shape index (κ3) is 2.47. The Hall–Kier alpha value is -2.23. The third-order valence-electron chi connectivity index (χ3n) is 3.10. The molecule has 19 heavy (non-hydrogen) atoms. The number of fused-ring (bicyclic) bond motifs is 1. The summed E-state index contributed by atoms with van der Waals surface area (Å²) in [6.07, 6.45) is 3.10. The van der Waals surface area contributed by atoms with Crippen molar-refractivity contribution in [2.24, 2.45) is 5.92 Å². The largest absolute Gasteiger partial charge is 0.496 e. The number of aromatic nitrogens is 1. The first kappa shape index (κ1) is 13.2. The van der Waals surface area contributed by atoms with Crippen molar-refractivity contribution in [3.8, 4) is 5.75 Å². The number of aromatic amines is 1. The van der Waals surface area contributed by atoms with Crippen LogP contribution in [0.5, 0.6) is 5.75 Å². The molecule has 0 aliphatic heterocycles. The van der Waals surface area contributed by atoms with Gasteiger partial charge in [-0.3, -0.25) is 0 Å². The van der Waals surface area contributed by atoms with Gasteiger partial charge in [0.15, 0.2) is 0 Å². The number of carboxylic acids is 1. The van der Waals surface area contributed by atoms with Gasteiger partial charge in [0.1, 0.15) is 5.75 Å². The molecule has 0 aliphatic carbocycles. The Kier molecular flexibility index (Phi) is 3.60. The highest BCUT2D eigenvalue weighted by molar-refractivity contribution is 6.01. The van der Waals surface area contributed by atoms with Crippen LogP contribution in [-0.2, 0) is 4.79 Å². The van der Waals surface area contributed by atoms with Crippen LogP contribution in [0.25, 0.3) is 16.5 Å². The first-order valence-corrected chi connectivity index (χ1v) is 6.13. The molecule has 4 heteroatoms. The minimum absolute atomic E-state index is 0.111. The smallest absolute Gasteiger partial charge is 0.328 e. The molecule has 1 aromatic heterocycles. The maximum Gasteiger partial charge on any atom is 0.328 e. The molecular formula is C15H17NO3. The van der Waals surface area contributed by atoms with E-state index in [9.17, 15) is 4.79 Å². The predicted molar refractivity (Wildman–Crippen MR) is 75.3 cm³/mol. The van der Waals surface area contributed by atoms with E-state index in [-0.39, 0.29) is 5.92 Å². The number of H-pyrrole nitrogens is 1. The monoisotopic (exact) mass is 259 g/mol. The zero-order valence-electron chi connectivity index (χ0n) is 11.2. The Bertz CT molecular complexity index is 638. The van der Waals surface area contributed by atoms with Gasteiger partial charge in [0.25, 0.3) is 0 Å². The summed E-state index contributed by atoms with van der Waals surface area (Å²) in [5, 5.41) is 9.93. The quantitative estimate of drug-likeness (QED) is 0.828. The fraction of sp³-hybridized carbons (Fsp3) is 0.267. The highest BCUT2D eigenvalue weighted by atomic mass is 16.5. The number of ether oxygens (including phenoxy) is 1. The van der Waals surface area contributed by atoms with Crippen LogP contribution in [0.3, 0.4) is 0 Å². The highest BCUT2D eigenvalue weighted by Gasteiger charge is 2.16. The van der Waals surface area contributed by atoms with Gasteiger partial charge in [0.2, 0.25) is 0 Å². The fourth-order valence-electron chi connectivity index (χ4n) is 2.24. The summed E-state index contributed by atoms with van der Waals surface area (Å²) in [5.74, 6) is -0.0846. The van der Waals surface area contributed by atoms with E-state index < -0.39 is 5.97 Å². The molecule has 2 N–H and O–H groups in total. The lowest BCUT2D eigenvalue weighted by Crippen LogP contribution is -1.98. The zero-order valence-corrected chi connectivity index (χ0v) is 11.2. The molecule has 0 spiro atoms. The number of aliphatic carboxylic acids is 1. The van der Waals surface area contributed by atoms with Crippen molar-refractivity contribution >= 4 is 22.4 Å². The normalized spacial score (nSPS) is 12.1. The lowest BCUT2D eigenvalue weighted by Gasteiger charge is -2.11. The Morgan fingerprint density at radius 1 is 1.42 bits per heavy atom. The van der Waals surface area contributed by atoms with Crippen LogP contribution in [0.15, 0.2) is 30.5 Å². The van der Waals surface area contributed by atoms with Crippen molar-refractivity contribution in [3.05, 3.63) is 36.0 Å². The highest BCUT2D eigenvalue weighted by Crippen LogP contribution is 2.35. The van der Waals surface area contributed by atoms with E-state index >= 15 is 0 Å². The Labute approximate surface area is 111 Å². The van der Waals surface area contributed by atoms with Crippen molar-refractivity contribution in [2.45, 2.75) is 13.8 Å². The van der Waals surface area contributed by atoms with Crippen LogP contribution in [-0.4, -0.2) is 23.2 Å². The summed E-state index contributed by atoms with van der Waals surface area (Å²) >= 11 is 0. The fourth-order valence-corrected chi connectivity index (χ4v) is 2.24. The second-order valence-corrected chi connectivity index (χ2v) is 4.68. The average Bonchev–Trinajstić information content (AvgIpc) is 2.79. The molecule has 0 unspecified atom stereocenters. The molecule has 0 bridgehead atoms. The lowest BCUT2D eigenvalue weighted by atomic mass is 9.94. The SMILES string of the molecule is COc1cccc2[nH]cc(/C(=C/C(=O)O)C(C)C)c12. The van der Waals surface area contributed by atoms with Crippen molar-refractivity contribution in [1.29, 1.82) is 0 Å². The number of benzene rings is 1. The van der Waals surface area contributed by atoms with Crippen LogP contribution in [0, 0.1) is 5.92 Å². The molecule has 1 aromatic carbocycles. The molecule has 0 saturated carbocycles. The summed E-state index contributed by atoms with van der Waals surface area (Å²) in [6.45, 7) is 3.95. The van der Waals surface area contributed by atoms with Crippen LogP contribution in [0.1, 0.15) is 19.4 Å². The molecule has 0 amide bonds. The first-order valence-electron chi connectivity index (χ1n) is 6.13. The molecule has 2 rings (SSSR count). The van der Waals surface area contributed by atoms with E-state index in [2.05, 4.69) is 4.98 Å². The Morgan fingerprint density at radius 2 is 2.16 bits per heavy atom. The summed E-state index contributed by atoms with van der Waals surface area (Å²) in [6, 6.07) is 5.72. The molecular weight excluding hydrogens is 242 g/mol. The summed E-state index contributed by atoms with van der Waals surface area (Å²) in [4.78, 5) is 14.1. The predicted octanol–water partition coefficient (Wildman–Crippen LogP) is 3.30. The number of carbonyl (C=O) groups is 1. The second kappa shape index (κ2) is 5.18. The van der Waals surface area contributed by atoms with Crippen molar-refractivity contribution in [1.82, 2.24) is 4.98 Å². The molecule has 0 saturated heterocycles. The number of nitrogens with one attached hydrogen (secondary N) is 1. The van der Waals surface area contributed by atoms with Gasteiger partial charge in [-0.25, -0.2) is 4.79 Å². The molecule has 0 radical (unpaired) electrons. The summed E-state index contributed by atoms with van der Waals surface area (Å²) in [5.41, 5.74) is 2.60. The Morgan fingerprint density at radius 3 is 2.74 bits per heavy atom. The Balaban J connectivity index is 2.70. The van der Waals surface area contributed by atoms with Crippen LogP contribution in [0.4, 0.5) is 0 Å². The second-order valence-electron chi connectivity index (χ2n) is 4.68. The average molecular weight is 259 g/mol. The molecule has 0 aliphatic rings. The number of methoxy groups -OCH3 is 1. The van der Waals surface area contributed by atoms with E-state index in [0.717, 1.165) is 27.8 Å². The molecule has 0 fully saturated rings. The van der Waals surface area contributed by atoms with Gasteiger partial charge in [-0.05, 0) is 23.6 Å². The first-order chi connectivity index (χ1) is 9.04. The lowest BCUT2D eigenvalue weighted by molar-refractivity contribution is -0.131. The number of carboxylic acid groups (broad SMARTS) is 1. The van der Waals surface area contributed by atoms with Gasteiger partial charge < -0.3 is 14.8 Å². The number of hydrogen-bond acceptors (Lipinski definition) is 2. The number of rotatable bonds is 4. The molecule has 100 valence electrons. The third-order valence-corrected chi connectivity index (χ3v) is 3.10. The number of allylic oxidation sites excluding steroid dienone is 1. The van der Waals surface area contributed by atoms with Gasteiger partial charge >= 0.3 is 5.97 Å². The van der Waals surface area contributed by atoms with E-state index in [1.54, 1.807) is 7.11 Å². The van der Waals surface area contributed by atoms with Crippen LogP contribution >= 0.6 is 0 Å². The molecule has 1 heterocycles. The zero-order chi connectivity index (χ0) is 14.0. The van der Waals surface area contributed by atoms with Crippen molar-refractivity contribution in [2.75, 3.05) is 7.11 Å². The molecule has 4 nitrogen and oxygen atoms in total.